The summed E-state index contributed by atoms with van der Waals surface area (Å²) in [5.41, 5.74) is 0. The molecule has 0 aliphatic carbocycles. The van der Waals surface area contributed by atoms with E-state index in [9.17, 15) is 0 Å². The quantitative estimate of drug-likeness (QED) is 0.493. The maximum absolute atomic E-state index is 5.53. The standard InChI is InChI=1S/C4H6ClNS/c5-4-6-2-1-3-7-4/h1-3H2. The highest BCUT2D eigenvalue weighted by atomic mass is 35.5. The Hall–Kier alpha value is 0.310. The number of halogens is 1. The van der Waals surface area contributed by atoms with E-state index in [1.165, 1.54) is 6.42 Å². The van der Waals surface area contributed by atoms with Crippen LogP contribution in [-0.4, -0.2) is 16.8 Å². The summed E-state index contributed by atoms with van der Waals surface area (Å²) in [6.45, 7) is 0.922. The SMILES string of the molecule is ClC1=NCCCS1. The van der Waals surface area contributed by atoms with Crippen molar-refractivity contribution < 1.29 is 0 Å². The van der Waals surface area contributed by atoms with E-state index in [0.717, 1.165) is 16.8 Å². The summed E-state index contributed by atoms with van der Waals surface area (Å²) >= 11 is 7.16. The van der Waals surface area contributed by atoms with Crippen molar-refractivity contribution in [1.82, 2.24) is 0 Å². The molecule has 40 valence electrons. The van der Waals surface area contributed by atoms with Crippen LogP contribution in [0.2, 0.25) is 0 Å². The Kier molecular flexibility index (Phi) is 2.00. The molecule has 1 rings (SSSR count). The molecular weight excluding hydrogens is 130 g/mol. The van der Waals surface area contributed by atoms with Gasteiger partial charge in [-0.3, -0.25) is 4.99 Å². The number of thioether (sulfide) groups is 1. The van der Waals surface area contributed by atoms with Crippen LogP contribution in [0.25, 0.3) is 0 Å². The van der Waals surface area contributed by atoms with Gasteiger partial charge >= 0.3 is 0 Å². The van der Waals surface area contributed by atoms with Crippen molar-refractivity contribution in [2.75, 3.05) is 12.3 Å². The van der Waals surface area contributed by atoms with E-state index in [4.69, 9.17) is 11.6 Å². The molecule has 0 radical (unpaired) electrons. The van der Waals surface area contributed by atoms with Gasteiger partial charge in [0.15, 0.2) is 4.50 Å². The summed E-state index contributed by atoms with van der Waals surface area (Å²) in [4.78, 5) is 3.97. The fourth-order valence-corrected chi connectivity index (χ4v) is 1.37. The molecule has 0 spiro atoms. The van der Waals surface area contributed by atoms with Gasteiger partial charge in [0.25, 0.3) is 0 Å². The van der Waals surface area contributed by atoms with E-state index in [1.54, 1.807) is 11.8 Å². The molecule has 0 amide bonds. The minimum absolute atomic E-state index is 0.728. The molecule has 1 nitrogen and oxygen atoms in total. The van der Waals surface area contributed by atoms with Gasteiger partial charge in [-0.15, -0.1) is 0 Å². The lowest BCUT2D eigenvalue weighted by Gasteiger charge is -2.02. The zero-order valence-corrected chi connectivity index (χ0v) is 5.43. The zero-order valence-electron chi connectivity index (χ0n) is 3.85. The Morgan fingerprint density at radius 1 is 1.71 bits per heavy atom. The molecule has 0 atom stereocenters. The lowest BCUT2D eigenvalue weighted by molar-refractivity contribution is 0.942. The normalized spacial score (nSPS) is 21.6. The van der Waals surface area contributed by atoms with Gasteiger partial charge in [0.05, 0.1) is 0 Å². The maximum atomic E-state index is 5.53. The van der Waals surface area contributed by atoms with Crippen LogP contribution in [0.5, 0.6) is 0 Å². The Morgan fingerprint density at radius 3 is 2.86 bits per heavy atom. The number of hydrogen-bond donors (Lipinski definition) is 0. The molecule has 0 aromatic carbocycles. The minimum Gasteiger partial charge on any atom is -0.267 e. The van der Waals surface area contributed by atoms with Crippen molar-refractivity contribution in [2.24, 2.45) is 4.99 Å². The van der Waals surface area contributed by atoms with Gasteiger partial charge in [0, 0.05) is 12.3 Å². The third-order valence-electron chi connectivity index (χ3n) is 0.760. The fraction of sp³-hybridized carbons (Fsp3) is 0.750. The van der Waals surface area contributed by atoms with Crippen LogP contribution in [0.15, 0.2) is 4.99 Å². The third kappa shape index (κ3) is 1.70. The second-order valence-electron chi connectivity index (χ2n) is 1.34. The highest BCUT2D eigenvalue weighted by molar-refractivity contribution is 8.16. The first-order valence-corrected chi connectivity index (χ1v) is 3.59. The molecule has 0 saturated carbocycles. The second kappa shape index (κ2) is 2.58. The van der Waals surface area contributed by atoms with E-state index in [-0.39, 0.29) is 0 Å². The molecule has 0 fully saturated rings. The molecule has 0 unspecified atom stereocenters. The summed E-state index contributed by atoms with van der Waals surface area (Å²) in [6.07, 6.45) is 1.18. The largest absolute Gasteiger partial charge is 0.267 e. The van der Waals surface area contributed by atoms with Crippen molar-refractivity contribution in [1.29, 1.82) is 0 Å². The first-order chi connectivity index (χ1) is 3.39. The first-order valence-electron chi connectivity index (χ1n) is 2.22. The van der Waals surface area contributed by atoms with Gasteiger partial charge in [-0.2, -0.15) is 0 Å². The topological polar surface area (TPSA) is 12.4 Å². The molecule has 0 aromatic heterocycles. The predicted octanol–water partition coefficient (Wildman–Crippen LogP) is 1.72. The number of hydrogen-bond acceptors (Lipinski definition) is 2. The van der Waals surface area contributed by atoms with Crippen LogP contribution in [0, 0.1) is 0 Å². The Balaban J connectivity index is 2.40. The highest BCUT2D eigenvalue weighted by Gasteiger charge is 1.99. The lowest BCUT2D eigenvalue weighted by atomic mass is 10.5. The summed E-state index contributed by atoms with van der Waals surface area (Å²) in [7, 11) is 0. The molecule has 0 N–H and O–H groups in total. The summed E-state index contributed by atoms with van der Waals surface area (Å²) in [6, 6.07) is 0. The summed E-state index contributed by atoms with van der Waals surface area (Å²) in [5, 5.41) is 0. The van der Waals surface area contributed by atoms with Crippen molar-refractivity contribution in [3.63, 3.8) is 0 Å². The van der Waals surface area contributed by atoms with Crippen molar-refractivity contribution in [2.45, 2.75) is 6.42 Å². The molecule has 1 aliphatic rings. The Bertz CT molecular complexity index is 91.7. The van der Waals surface area contributed by atoms with Gasteiger partial charge in [-0.05, 0) is 6.42 Å². The van der Waals surface area contributed by atoms with Gasteiger partial charge in [0.1, 0.15) is 0 Å². The fourth-order valence-electron chi connectivity index (χ4n) is 0.434. The number of aliphatic imine (C=N–C) groups is 1. The molecule has 0 bridgehead atoms. The summed E-state index contributed by atoms with van der Waals surface area (Å²) in [5.74, 6) is 1.14. The van der Waals surface area contributed by atoms with Gasteiger partial charge in [-0.1, -0.05) is 23.4 Å². The van der Waals surface area contributed by atoms with Crippen LogP contribution in [-0.2, 0) is 0 Å². The predicted molar refractivity (Wildman–Crippen MR) is 35.2 cm³/mol. The van der Waals surface area contributed by atoms with Gasteiger partial charge < -0.3 is 0 Å². The minimum atomic E-state index is 0.728. The lowest BCUT2D eigenvalue weighted by Crippen LogP contribution is -1.95. The molecule has 0 saturated heterocycles. The maximum Gasteiger partial charge on any atom is 0.158 e. The van der Waals surface area contributed by atoms with Crippen LogP contribution in [0.1, 0.15) is 6.42 Å². The first kappa shape index (κ1) is 5.45. The van der Waals surface area contributed by atoms with E-state index in [1.807, 2.05) is 0 Å². The third-order valence-corrected chi connectivity index (χ3v) is 2.07. The Morgan fingerprint density at radius 2 is 2.57 bits per heavy atom. The van der Waals surface area contributed by atoms with Gasteiger partial charge in [-0.25, -0.2) is 0 Å². The molecule has 1 aliphatic heterocycles. The van der Waals surface area contributed by atoms with Crippen LogP contribution < -0.4 is 0 Å². The molecule has 3 heteroatoms. The van der Waals surface area contributed by atoms with Crippen molar-refractivity contribution in [3.05, 3.63) is 0 Å². The molecule has 1 heterocycles. The van der Waals surface area contributed by atoms with Crippen LogP contribution in [0.4, 0.5) is 0 Å². The average Bonchev–Trinajstić information content (AvgIpc) is 1.69. The van der Waals surface area contributed by atoms with Crippen molar-refractivity contribution in [3.8, 4) is 0 Å². The van der Waals surface area contributed by atoms with Crippen molar-refractivity contribution >= 4 is 27.9 Å². The van der Waals surface area contributed by atoms with E-state index >= 15 is 0 Å². The summed E-state index contributed by atoms with van der Waals surface area (Å²) < 4.78 is 0.728. The number of nitrogens with zero attached hydrogens (tertiary/aromatic N) is 1. The monoisotopic (exact) mass is 135 g/mol. The van der Waals surface area contributed by atoms with E-state index < -0.39 is 0 Å². The van der Waals surface area contributed by atoms with E-state index in [0.29, 0.717) is 0 Å². The zero-order chi connectivity index (χ0) is 5.11. The van der Waals surface area contributed by atoms with Gasteiger partial charge in [0.2, 0.25) is 0 Å². The van der Waals surface area contributed by atoms with E-state index in [2.05, 4.69) is 4.99 Å². The highest BCUT2D eigenvalue weighted by Crippen LogP contribution is 2.13. The molecular formula is C4H6ClNS. The second-order valence-corrected chi connectivity index (χ2v) is 3.00. The molecule has 0 aromatic rings. The smallest absolute Gasteiger partial charge is 0.158 e. The van der Waals surface area contributed by atoms with Crippen LogP contribution >= 0.6 is 23.4 Å². The molecule has 7 heavy (non-hydrogen) atoms. The Labute approximate surface area is 52.1 Å². The average molecular weight is 136 g/mol. The van der Waals surface area contributed by atoms with Crippen LogP contribution in [0.3, 0.4) is 0 Å². The number of rotatable bonds is 0.